The van der Waals surface area contributed by atoms with Gasteiger partial charge in [0, 0.05) is 43.8 Å². The van der Waals surface area contributed by atoms with Gasteiger partial charge in [-0.05, 0) is 92.2 Å². The van der Waals surface area contributed by atoms with Gasteiger partial charge in [-0.3, -0.25) is 9.59 Å². The molecule has 13 heteroatoms. The van der Waals surface area contributed by atoms with E-state index in [0.717, 1.165) is 28.5 Å². The smallest absolute Gasteiger partial charge is 0.306 e. The van der Waals surface area contributed by atoms with E-state index in [1.165, 1.54) is 6.92 Å². The maximum atomic E-state index is 12.3. The predicted octanol–water partition coefficient (Wildman–Crippen LogP) is 3.82. The molecule has 176 valence electrons. The highest BCUT2D eigenvalue weighted by Gasteiger charge is 2.25. The second kappa shape index (κ2) is 18.5. The fourth-order valence-corrected chi connectivity index (χ4v) is 6.79. The molecule has 0 saturated carbocycles. The van der Waals surface area contributed by atoms with Gasteiger partial charge in [0.05, 0.1) is 11.6 Å². The molecule has 5 N–H and O–H groups in total. The lowest BCUT2D eigenvalue weighted by atomic mass is 9.97. The van der Waals surface area contributed by atoms with Crippen LogP contribution in [0.3, 0.4) is 0 Å². The Morgan fingerprint density at radius 1 is 1.13 bits per heavy atom. The van der Waals surface area contributed by atoms with Crippen LogP contribution in [0, 0.1) is 16.6 Å². The summed E-state index contributed by atoms with van der Waals surface area (Å²) in [7, 11) is 0. The number of amides is 1. The molecule has 1 atom stereocenters. The fourth-order valence-electron chi connectivity index (χ4n) is 2.50. The molecule has 1 unspecified atom stereocenters. The van der Waals surface area contributed by atoms with E-state index >= 15 is 0 Å². The number of hydrogen-bond acceptors (Lipinski definition) is 5. The van der Waals surface area contributed by atoms with Crippen molar-refractivity contribution in [3.05, 3.63) is 22.3 Å². The molecule has 0 bridgehead atoms. The number of carboxylic acids is 1. The van der Waals surface area contributed by atoms with Crippen LogP contribution in [-0.2, 0) is 16.0 Å². The molecule has 0 aliphatic rings. The number of carboxylic acid groups (broad SMARTS) is 1. The molecule has 1 rings (SSSR count). The van der Waals surface area contributed by atoms with Gasteiger partial charge in [0.1, 0.15) is 0 Å². The highest BCUT2D eigenvalue weighted by Crippen LogP contribution is 2.35. The highest BCUT2D eigenvalue weighted by molar-refractivity contribution is 14.1. The summed E-state index contributed by atoms with van der Waals surface area (Å²) >= 11 is 6.67. The van der Waals surface area contributed by atoms with E-state index in [0.29, 0.717) is 32.5 Å². The van der Waals surface area contributed by atoms with E-state index in [2.05, 4.69) is 78.5 Å². The van der Waals surface area contributed by atoms with E-state index in [-0.39, 0.29) is 43.1 Å². The Bertz CT molecular complexity index is 687. The van der Waals surface area contributed by atoms with Gasteiger partial charge in [-0.2, -0.15) is 0 Å². The molecule has 1 aromatic rings. The summed E-state index contributed by atoms with van der Waals surface area (Å²) in [6.07, 6.45) is 1.00. The second-order valence-electron chi connectivity index (χ2n) is 5.93. The van der Waals surface area contributed by atoms with Crippen LogP contribution >= 0.6 is 105 Å². The number of nitrogens with zero attached hydrogens (tertiary/aromatic N) is 1. The van der Waals surface area contributed by atoms with Crippen molar-refractivity contribution in [1.29, 1.82) is 0 Å². The van der Waals surface area contributed by atoms with Crippen LogP contribution in [0.5, 0.6) is 0 Å². The molecule has 7 nitrogen and oxygen atoms in total. The Kier molecular flexibility index (Phi) is 22.0. The first-order chi connectivity index (χ1) is 12.7. The van der Waals surface area contributed by atoms with Crippen molar-refractivity contribution in [2.24, 2.45) is 11.7 Å². The zero-order valence-corrected chi connectivity index (χ0v) is 25.5. The number of hydrazine groups is 1. The summed E-state index contributed by atoms with van der Waals surface area (Å²) < 4.78 is 2.85. The topological polar surface area (TPSA) is 108 Å². The van der Waals surface area contributed by atoms with Crippen molar-refractivity contribution in [3.8, 4) is 0 Å². The van der Waals surface area contributed by atoms with Gasteiger partial charge in [0.2, 0.25) is 5.91 Å². The zero-order valence-electron chi connectivity index (χ0n) is 16.5. The van der Waals surface area contributed by atoms with E-state index in [4.69, 9.17) is 5.73 Å². The average Bonchev–Trinajstić information content (AvgIpc) is 2.59. The van der Waals surface area contributed by atoms with Crippen LogP contribution in [0.25, 0.3) is 0 Å². The SMILES string of the molecule is CCC(Cc1c(I)cc(I)c(N(NCCNCCN)C(C)=O)c1I)C(=O)O.Cl.Cl.Cl. The van der Waals surface area contributed by atoms with Crippen molar-refractivity contribution >= 4 is 123 Å². The maximum Gasteiger partial charge on any atom is 0.306 e. The Morgan fingerprint density at radius 3 is 2.20 bits per heavy atom. The molecular formula is C17H28Cl3I3N4O3. The van der Waals surface area contributed by atoms with Crippen LogP contribution in [0.2, 0.25) is 0 Å². The van der Waals surface area contributed by atoms with E-state index in [1.807, 2.05) is 13.0 Å². The van der Waals surface area contributed by atoms with Gasteiger partial charge >= 0.3 is 5.97 Å². The number of aliphatic carboxylic acids is 1. The van der Waals surface area contributed by atoms with Crippen molar-refractivity contribution in [2.45, 2.75) is 26.7 Å². The third-order valence-electron chi connectivity index (χ3n) is 3.96. The lowest BCUT2D eigenvalue weighted by molar-refractivity contribution is -0.141. The lowest BCUT2D eigenvalue weighted by Gasteiger charge is -2.27. The molecule has 0 aliphatic carbocycles. The van der Waals surface area contributed by atoms with Gasteiger partial charge in [0.25, 0.3) is 0 Å². The van der Waals surface area contributed by atoms with Crippen LogP contribution in [0.1, 0.15) is 25.8 Å². The number of carbonyl (C=O) groups is 2. The van der Waals surface area contributed by atoms with Crippen molar-refractivity contribution < 1.29 is 14.7 Å². The minimum absolute atomic E-state index is 0. The molecule has 0 aromatic heterocycles. The summed E-state index contributed by atoms with van der Waals surface area (Å²) in [6.45, 7) is 5.93. The Hall–Kier alpha value is 1.10. The number of hydrogen-bond donors (Lipinski definition) is 4. The number of halogens is 6. The second-order valence-corrected chi connectivity index (χ2v) is 9.33. The number of benzene rings is 1. The maximum absolute atomic E-state index is 12.3. The summed E-state index contributed by atoms with van der Waals surface area (Å²) in [5.74, 6) is -1.36. The van der Waals surface area contributed by atoms with Crippen molar-refractivity contribution in [1.82, 2.24) is 10.7 Å². The quantitative estimate of drug-likeness (QED) is 0.154. The average molecular weight is 824 g/mol. The monoisotopic (exact) mass is 822 g/mol. The third-order valence-corrected chi connectivity index (χ3v) is 6.91. The molecule has 1 amide bonds. The summed E-state index contributed by atoms with van der Waals surface area (Å²) in [6, 6.07) is 1.99. The van der Waals surface area contributed by atoms with Crippen molar-refractivity contribution in [3.63, 3.8) is 0 Å². The Morgan fingerprint density at radius 2 is 1.73 bits per heavy atom. The first-order valence-electron chi connectivity index (χ1n) is 8.58. The van der Waals surface area contributed by atoms with Crippen molar-refractivity contribution in [2.75, 3.05) is 31.2 Å². The summed E-state index contributed by atoms with van der Waals surface area (Å²) in [5, 5.41) is 14.2. The fraction of sp³-hybridized carbons (Fsp3) is 0.529. The highest BCUT2D eigenvalue weighted by atomic mass is 127. The molecule has 0 saturated heterocycles. The number of carbonyl (C=O) groups excluding carboxylic acids is 1. The van der Waals surface area contributed by atoms with Gasteiger partial charge in [-0.15, -0.1) is 37.2 Å². The summed E-state index contributed by atoms with van der Waals surface area (Å²) in [4.78, 5) is 23.8. The lowest BCUT2D eigenvalue weighted by Crippen LogP contribution is -2.46. The molecule has 0 heterocycles. The largest absolute Gasteiger partial charge is 0.481 e. The number of rotatable bonds is 11. The normalized spacial score (nSPS) is 10.9. The molecule has 0 spiro atoms. The van der Waals surface area contributed by atoms with E-state index < -0.39 is 11.9 Å². The number of nitrogens with two attached hydrogens (primary N) is 1. The van der Waals surface area contributed by atoms with Crippen LogP contribution in [0.4, 0.5) is 5.69 Å². The van der Waals surface area contributed by atoms with E-state index in [1.54, 1.807) is 5.01 Å². The standard InChI is InChI=1S/C17H25I3N4O3.3ClH/c1-3-11(17(26)27)8-12-13(18)9-14(19)16(15(12)20)24(10(2)25)23-7-6-22-5-4-21;;;/h9,11,22-23H,3-8,21H2,1-2H3,(H,26,27);3*1H. The molecular weight excluding hydrogens is 795 g/mol. The van der Waals surface area contributed by atoms with Crippen LogP contribution in [-0.4, -0.2) is 43.2 Å². The van der Waals surface area contributed by atoms with Gasteiger partial charge in [-0.25, -0.2) is 10.4 Å². The first kappa shape index (κ1) is 35.7. The Labute approximate surface area is 237 Å². The number of nitrogens with one attached hydrogen (secondary N) is 2. The van der Waals surface area contributed by atoms with Crippen LogP contribution in [0.15, 0.2) is 6.07 Å². The number of anilines is 1. The minimum Gasteiger partial charge on any atom is -0.481 e. The van der Waals surface area contributed by atoms with E-state index in [9.17, 15) is 14.7 Å². The van der Waals surface area contributed by atoms with Crippen LogP contribution < -0.4 is 21.5 Å². The van der Waals surface area contributed by atoms with Gasteiger partial charge in [-0.1, -0.05) is 6.92 Å². The van der Waals surface area contributed by atoms with Gasteiger partial charge in [0.15, 0.2) is 0 Å². The minimum atomic E-state index is -0.795. The molecule has 30 heavy (non-hydrogen) atoms. The zero-order chi connectivity index (χ0) is 20.6. The molecule has 0 aliphatic heterocycles. The molecule has 0 radical (unpaired) electrons. The Balaban J connectivity index is -0.00000243. The predicted molar refractivity (Wildman–Crippen MR) is 155 cm³/mol. The third kappa shape index (κ3) is 10.8. The summed E-state index contributed by atoms with van der Waals surface area (Å²) in [5.41, 5.74) is 10.4. The van der Waals surface area contributed by atoms with Gasteiger partial charge < -0.3 is 16.2 Å². The first-order valence-corrected chi connectivity index (χ1v) is 11.8. The molecule has 0 fully saturated rings. The molecule has 1 aromatic carbocycles.